The fourth-order valence-corrected chi connectivity index (χ4v) is 7.17. The molecular formula is C26H39NO4. The van der Waals surface area contributed by atoms with Crippen LogP contribution in [0.2, 0.25) is 0 Å². The Labute approximate surface area is 186 Å². The second kappa shape index (κ2) is 9.38. The zero-order chi connectivity index (χ0) is 21.3. The normalized spacial score (nSPS) is 39.0. The van der Waals surface area contributed by atoms with Gasteiger partial charge in [-0.1, -0.05) is 18.2 Å². The Morgan fingerprint density at radius 1 is 0.935 bits per heavy atom. The summed E-state index contributed by atoms with van der Waals surface area (Å²) in [5.41, 5.74) is 6.94. The Morgan fingerprint density at radius 3 is 2.26 bits per heavy atom. The predicted molar refractivity (Wildman–Crippen MR) is 120 cm³/mol. The van der Waals surface area contributed by atoms with Gasteiger partial charge in [0.1, 0.15) is 5.75 Å². The highest BCUT2D eigenvalue weighted by molar-refractivity contribution is 5.36. The molecule has 5 heteroatoms. The van der Waals surface area contributed by atoms with Crippen LogP contribution in [0.3, 0.4) is 0 Å². The van der Waals surface area contributed by atoms with Gasteiger partial charge in [-0.15, -0.1) is 0 Å². The number of para-hydroxylation sites is 1. The lowest BCUT2D eigenvalue weighted by Crippen LogP contribution is -2.60. The van der Waals surface area contributed by atoms with Gasteiger partial charge in [0.15, 0.2) is 0 Å². The van der Waals surface area contributed by atoms with E-state index in [2.05, 4.69) is 24.3 Å². The molecule has 5 aliphatic carbocycles. The summed E-state index contributed by atoms with van der Waals surface area (Å²) >= 11 is 0. The minimum Gasteiger partial charge on any atom is -0.493 e. The maximum atomic E-state index is 6.27. The molecule has 0 aliphatic heterocycles. The summed E-state index contributed by atoms with van der Waals surface area (Å²) in [6, 6.07) is 8.48. The molecule has 0 atom stereocenters. The summed E-state index contributed by atoms with van der Waals surface area (Å²) in [6.45, 7) is 1.35. The highest BCUT2D eigenvalue weighted by Crippen LogP contribution is 2.60. The number of methoxy groups -OCH3 is 1. The van der Waals surface area contributed by atoms with Crippen molar-refractivity contribution in [2.45, 2.75) is 82.0 Å². The molecule has 0 aromatic heterocycles. The van der Waals surface area contributed by atoms with E-state index in [-0.39, 0.29) is 6.10 Å². The lowest BCUT2D eigenvalue weighted by Gasteiger charge is -2.58. The highest BCUT2D eigenvalue weighted by atomic mass is 17.2. The Bertz CT molecular complexity index is 702. The van der Waals surface area contributed by atoms with Gasteiger partial charge in [-0.05, 0) is 100 Å². The maximum Gasteiger partial charge on any atom is 0.207 e. The topological polar surface area (TPSA) is 62.9 Å². The van der Waals surface area contributed by atoms with Crippen LogP contribution in [0.25, 0.3) is 0 Å². The molecule has 0 spiro atoms. The zero-order valence-electron chi connectivity index (χ0n) is 19.0. The lowest BCUT2D eigenvalue weighted by atomic mass is 9.53. The van der Waals surface area contributed by atoms with Crippen LogP contribution < -0.4 is 10.5 Å². The SMILES string of the molecule is COC1(OO[C@H]2CC[C@@H](c3ccccc3OCCCN)CC2)C2CC3CC(C2)CC1C3. The van der Waals surface area contributed by atoms with Crippen molar-refractivity contribution in [3.05, 3.63) is 29.8 Å². The van der Waals surface area contributed by atoms with Crippen LogP contribution in [0.5, 0.6) is 5.75 Å². The standard InChI is InChI=1S/C26H39NO4/c1-28-26(21-14-18-13-19(16-21)17-22(26)15-18)31-30-23-9-7-20(8-10-23)24-5-2-3-6-25(24)29-12-4-11-27/h2-3,5-6,18-23H,4,7-17,27H2,1H3/t18?,19?,20-,21?,22?,23+,26?. The average Bonchev–Trinajstić information content (AvgIpc) is 2.80. The first-order chi connectivity index (χ1) is 15.2. The van der Waals surface area contributed by atoms with E-state index in [0.29, 0.717) is 30.9 Å². The number of nitrogens with two attached hydrogens (primary N) is 1. The van der Waals surface area contributed by atoms with Crippen molar-refractivity contribution in [3.8, 4) is 5.75 Å². The third-order valence-electron chi connectivity index (χ3n) is 8.55. The number of ether oxygens (including phenoxy) is 2. The van der Waals surface area contributed by atoms with E-state index in [1.165, 1.54) is 37.7 Å². The van der Waals surface area contributed by atoms with Gasteiger partial charge in [0.25, 0.3) is 0 Å². The lowest BCUT2D eigenvalue weighted by molar-refractivity contribution is -0.485. The minimum atomic E-state index is -0.506. The molecule has 0 unspecified atom stereocenters. The number of rotatable bonds is 9. The fraction of sp³-hybridized carbons (Fsp3) is 0.769. The molecule has 0 saturated heterocycles. The first-order valence-electron chi connectivity index (χ1n) is 12.5. The number of hydrogen-bond acceptors (Lipinski definition) is 5. The van der Waals surface area contributed by atoms with Crippen LogP contribution in [0.4, 0.5) is 0 Å². The van der Waals surface area contributed by atoms with Crippen molar-refractivity contribution >= 4 is 0 Å². The molecule has 5 saturated carbocycles. The van der Waals surface area contributed by atoms with E-state index in [0.717, 1.165) is 49.7 Å². The molecule has 1 aromatic rings. The zero-order valence-corrected chi connectivity index (χ0v) is 19.0. The Kier molecular flexibility index (Phi) is 6.57. The average molecular weight is 430 g/mol. The van der Waals surface area contributed by atoms with Gasteiger partial charge in [0.2, 0.25) is 5.79 Å². The van der Waals surface area contributed by atoms with Crippen molar-refractivity contribution in [1.29, 1.82) is 0 Å². The largest absolute Gasteiger partial charge is 0.493 e. The summed E-state index contributed by atoms with van der Waals surface area (Å²) < 4.78 is 12.1. The van der Waals surface area contributed by atoms with Gasteiger partial charge in [-0.3, -0.25) is 0 Å². The predicted octanol–water partition coefficient (Wildman–Crippen LogP) is 5.19. The Hall–Kier alpha value is -1.14. The molecule has 1 aromatic carbocycles. The summed E-state index contributed by atoms with van der Waals surface area (Å²) in [4.78, 5) is 12.4. The van der Waals surface area contributed by atoms with Gasteiger partial charge >= 0.3 is 0 Å². The minimum absolute atomic E-state index is 0.158. The van der Waals surface area contributed by atoms with Crippen molar-refractivity contribution in [2.24, 2.45) is 29.4 Å². The van der Waals surface area contributed by atoms with E-state index in [4.69, 9.17) is 25.0 Å². The van der Waals surface area contributed by atoms with Crippen LogP contribution in [0.15, 0.2) is 24.3 Å². The Morgan fingerprint density at radius 2 is 1.61 bits per heavy atom. The highest BCUT2D eigenvalue weighted by Gasteiger charge is 2.60. The summed E-state index contributed by atoms with van der Waals surface area (Å²) in [6.07, 6.45) is 11.7. The number of benzene rings is 1. The van der Waals surface area contributed by atoms with Gasteiger partial charge in [-0.2, -0.15) is 0 Å². The van der Waals surface area contributed by atoms with Crippen LogP contribution in [0, 0.1) is 23.7 Å². The molecule has 5 fully saturated rings. The van der Waals surface area contributed by atoms with E-state index in [1.807, 2.05) is 7.11 Å². The van der Waals surface area contributed by atoms with Crippen LogP contribution in [0.1, 0.15) is 75.7 Å². The van der Waals surface area contributed by atoms with Crippen molar-refractivity contribution < 1.29 is 19.2 Å². The summed E-state index contributed by atoms with van der Waals surface area (Å²) in [7, 11) is 1.82. The van der Waals surface area contributed by atoms with E-state index < -0.39 is 5.79 Å². The molecule has 6 rings (SSSR count). The van der Waals surface area contributed by atoms with Crippen molar-refractivity contribution in [3.63, 3.8) is 0 Å². The molecule has 5 aliphatic rings. The molecule has 0 amide bonds. The number of hydrogen-bond donors (Lipinski definition) is 1. The quantitative estimate of drug-likeness (QED) is 0.253. The maximum absolute atomic E-state index is 6.27. The molecule has 2 N–H and O–H groups in total. The molecule has 5 nitrogen and oxygen atoms in total. The van der Waals surface area contributed by atoms with E-state index in [1.54, 1.807) is 0 Å². The van der Waals surface area contributed by atoms with Gasteiger partial charge in [0, 0.05) is 18.9 Å². The molecule has 31 heavy (non-hydrogen) atoms. The van der Waals surface area contributed by atoms with E-state index in [9.17, 15) is 0 Å². The third kappa shape index (κ3) is 4.27. The second-order valence-corrected chi connectivity index (χ2v) is 10.4. The van der Waals surface area contributed by atoms with E-state index >= 15 is 0 Å². The van der Waals surface area contributed by atoms with Crippen LogP contribution in [-0.4, -0.2) is 32.2 Å². The first kappa shape index (κ1) is 21.7. The van der Waals surface area contributed by atoms with Gasteiger partial charge in [0.05, 0.1) is 12.7 Å². The van der Waals surface area contributed by atoms with Crippen molar-refractivity contribution in [1.82, 2.24) is 0 Å². The molecule has 172 valence electrons. The molecule has 0 heterocycles. The van der Waals surface area contributed by atoms with Gasteiger partial charge in [-0.25, -0.2) is 9.78 Å². The monoisotopic (exact) mass is 429 g/mol. The van der Waals surface area contributed by atoms with Gasteiger partial charge < -0.3 is 15.2 Å². The third-order valence-corrected chi connectivity index (χ3v) is 8.55. The van der Waals surface area contributed by atoms with Crippen LogP contribution in [-0.2, 0) is 14.5 Å². The summed E-state index contributed by atoms with van der Waals surface area (Å²) in [5.74, 6) is 3.81. The first-order valence-corrected chi connectivity index (χ1v) is 12.5. The smallest absolute Gasteiger partial charge is 0.207 e. The molecule has 0 radical (unpaired) electrons. The second-order valence-electron chi connectivity index (χ2n) is 10.4. The molecule has 4 bridgehead atoms. The Balaban J connectivity index is 1.16. The fourth-order valence-electron chi connectivity index (χ4n) is 7.17. The molecular weight excluding hydrogens is 390 g/mol. The van der Waals surface area contributed by atoms with Crippen LogP contribution >= 0.6 is 0 Å². The summed E-state index contributed by atoms with van der Waals surface area (Å²) in [5, 5.41) is 0. The van der Waals surface area contributed by atoms with Crippen molar-refractivity contribution in [2.75, 3.05) is 20.3 Å².